The van der Waals surface area contributed by atoms with Gasteiger partial charge in [-0.3, -0.25) is 9.69 Å². The zero-order chi connectivity index (χ0) is 15.9. The third-order valence-corrected chi connectivity index (χ3v) is 4.38. The first-order valence-electron chi connectivity index (χ1n) is 8.16. The number of hydrogen-bond donors (Lipinski definition) is 0. The Morgan fingerprint density at radius 3 is 2.68 bits per heavy atom. The van der Waals surface area contributed by atoms with Crippen molar-refractivity contribution in [2.75, 3.05) is 33.4 Å². The van der Waals surface area contributed by atoms with Crippen LogP contribution in [0.1, 0.15) is 32.4 Å². The molecule has 0 aliphatic carbocycles. The number of rotatable bonds is 7. The van der Waals surface area contributed by atoms with Crippen LogP contribution in [0.5, 0.6) is 0 Å². The highest BCUT2D eigenvalue weighted by atomic mass is 16.5. The minimum Gasteiger partial charge on any atom is -0.469 e. The summed E-state index contributed by atoms with van der Waals surface area (Å²) in [5.74, 6) is 1.11. The molecule has 124 valence electrons. The molecule has 2 rings (SSSR count). The van der Waals surface area contributed by atoms with Crippen LogP contribution in [0.3, 0.4) is 0 Å². The van der Waals surface area contributed by atoms with Crippen LogP contribution in [-0.4, -0.2) is 61.1 Å². The van der Waals surface area contributed by atoms with Gasteiger partial charge in [0.1, 0.15) is 5.76 Å². The molecule has 2 atom stereocenters. The van der Waals surface area contributed by atoms with Crippen molar-refractivity contribution in [2.24, 2.45) is 0 Å². The Bertz CT molecular complexity index is 435. The Kier molecular flexibility index (Phi) is 6.46. The maximum atomic E-state index is 12.4. The second kappa shape index (κ2) is 8.34. The first-order valence-corrected chi connectivity index (χ1v) is 8.16. The van der Waals surface area contributed by atoms with Crippen molar-refractivity contribution in [3.05, 3.63) is 24.2 Å². The highest BCUT2D eigenvalue weighted by Crippen LogP contribution is 2.17. The standard InChI is InChI=1S/C17H28N2O3/c1-14-12-18(13-15(2)19(14)9-5-10-21-3)17(20)8-7-16-6-4-11-22-16/h4,6,11,14-15H,5,7-10,12-13H2,1-3H3. The van der Waals surface area contributed by atoms with E-state index in [0.29, 0.717) is 24.9 Å². The molecule has 1 fully saturated rings. The molecule has 1 aromatic heterocycles. The summed E-state index contributed by atoms with van der Waals surface area (Å²) in [7, 11) is 1.74. The van der Waals surface area contributed by atoms with Gasteiger partial charge in [0.05, 0.1) is 6.26 Å². The predicted molar refractivity (Wildman–Crippen MR) is 85.7 cm³/mol. The Labute approximate surface area is 133 Å². The zero-order valence-corrected chi connectivity index (χ0v) is 14.0. The van der Waals surface area contributed by atoms with E-state index in [-0.39, 0.29) is 5.91 Å². The molecule has 0 N–H and O–H groups in total. The summed E-state index contributed by atoms with van der Waals surface area (Å²) in [4.78, 5) is 16.9. The zero-order valence-electron chi connectivity index (χ0n) is 14.0. The summed E-state index contributed by atoms with van der Waals surface area (Å²) in [6.07, 6.45) is 3.90. The van der Waals surface area contributed by atoms with Crippen LogP contribution >= 0.6 is 0 Å². The van der Waals surface area contributed by atoms with Crippen LogP contribution in [-0.2, 0) is 16.0 Å². The molecule has 2 heterocycles. The van der Waals surface area contributed by atoms with E-state index in [2.05, 4.69) is 18.7 Å². The number of carbonyl (C=O) groups is 1. The van der Waals surface area contributed by atoms with E-state index in [1.807, 2.05) is 17.0 Å². The summed E-state index contributed by atoms with van der Waals surface area (Å²) in [6, 6.07) is 4.58. The van der Waals surface area contributed by atoms with Crippen molar-refractivity contribution in [3.8, 4) is 0 Å². The van der Waals surface area contributed by atoms with Gasteiger partial charge in [0.15, 0.2) is 0 Å². The Morgan fingerprint density at radius 2 is 2.09 bits per heavy atom. The highest BCUT2D eigenvalue weighted by Gasteiger charge is 2.31. The third-order valence-electron chi connectivity index (χ3n) is 4.38. The van der Waals surface area contributed by atoms with E-state index in [1.165, 1.54) is 0 Å². The van der Waals surface area contributed by atoms with Crippen LogP contribution in [0, 0.1) is 0 Å². The van der Waals surface area contributed by atoms with Gasteiger partial charge in [-0.15, -0.1) is 0 Å². The summed E-state index contributed by atoms with van der Waals surface area (Å²) < 4.78 is 10.4. The van der Waals surface area contributed by atoms with Crippen LogP contribution < -0.4 is 0 Å². The molecule has 0 spiro atoms. The van der Waals surface area contributed by atoms with Crippen LogP contribution in [0.15, 0.2) is 22.8 Å². The topological polar surface area (TPSA) is 45.9 Å². The summed E-state index contributed by atoms with van der Waals surface area (Å²) in [5, 5.41) is 0. The lowest BCUT2D eigenvalue weighted by molar-refractivity contribution is -0.135. The quantitative estimate of drug-likeness (QED) is 0.724. The Morgan fingerprint density at radius 1 is 1.36 bits per heavy atom. The third kappa shape index (κ3) is 4.58. The van der Waals surface area contributed by atoms with Gasteiger partial charge in [0.25, 0.3) is 0 Å². The van der Waals surface area contributed by atoms with Crippen molar-refractivity contribution in [1.82, 2.24) is 9.80 Å². The minimum absolute atomic E-state index is 0.228. The number of piperazine rings is 1. The van der Waals surface area contributed by atoms with Crippen molar-refractivity contribution in [3.63, 3.8) is 0 Å². The Hall–Kier alpha value is -1.33. The predicted octanol–water partition coefficient (Wildman–Crippen LogP) is 2.17. The number of nitrogens with zero attached hydrogens (tertiary/aromatic N) is 2. The SMILES string of the molecule is COCCCN1C(C)CN(C(=O)CCc2ccco2)CC1C. The van der Waals surface area contributed by atoms with E-state index in [4.69, 9.17) is 9.15 Å². The molecule has 22 heavy (non-hydrogen) atoms. The number of furan rings is 1. The van der Waals surface area contributed by atoms with Gasteiger partial charge >= 0.3 is 0 Å². The fourth-order valence-corrected chi connectivity index (χ4v) is 3.24. The number of aryl methyl sites for hydroxylation is 1. The van der Waals surface area contributed by atoms with Gasteiger partial charge < -0.3 is 14.1 Å². The smallest absolute Gasteiger partial charge is 0.223 e. The van der Waals surface area contributed by atoms with Crippen molar-refractivity contribution in [2.45, 2.75) is 45.2 Å². The van der Waals surface area contributed by atoms with Crippen LogP contribution in [0.4, 0.5) is 0 Å². The van der Waals surface area contributed by atoms with E-state index in [0.717, 1.165) is 38.4 Å². The van der Waals surface area contributed by atoms with Gasteiger partial charge in [-0.2, -0.15) is 0 Å². The van der Waals surface area contributed by atoms with Crippen molar-refractivity contribution < 1.29 is 13.9 Å². The fourth-order valence-electron chi connectivity index (χ4n) is 3.24. The van der Waals surface area contributed by atoms with E-state index < -0.39 is 0 Å². The summed E-state index contributed by atoms with van der Waals surface area (Å²) >= 11 is 0. The number of methoxy groups -OCH3 is 1. The lowest BCUT2D eigenvalue weighted by Gasteiger charge is -2.44. The van der Waals surface area contributed by atoms with Gasteiger partial charge in [0, 0.05) is 58.3 Å². The van der Waals surface area contributed by atoms with E-state index >= 15 is 0 Å². The lowest BCUT2D eigenvalue weighted by atomic mass is 10.1. The molecular weight excluding hydrogens is 280 g/mol. The molecule has 5 nitrogen and oxygen atoms in total. The average molecular weight is 308 g/mol. The van der Waals surface area contributed by atoms with Crippen LogP contribution in [0.25, 0.3) is 0 Å². The molecule has 5 heteroatoms. The number of amides is 1. The maximum Gasteiger partial charge on any atom is 0.223 e. The molecule has 1 aliphatic heterocycles. The van der Waals surface area contributed by atoms with Crippen molar-refractivity contribution >= 4 is 5.91 Å². The molecule has 0 radical (unpaired) electrons. The minimum atomic E-state index is 0.228. The molecule has 0 aromatic carbocycles. The molecule has 1 saturated heterocycles. The average Bonchev–Trinajstić information content (AvgIpc) is 3.00. The largest absolute Gasteiger partial charge is 0.469 e. The first-order chi connectivity index (χ1) is 10.6. The van der Waals surface area contributed by atoms with Gasteiger partial charge in [0.2, 0.25) is 5.91 Å². The highest BCUT2D eigenvalue weighted by molar-refractivity contribution is 5.76. The molecule has 0 saturated carbocycles. The lowest BCUT2D eigenvalue weighted by Crippen LogP contribution is -2.58. The normalized spacial score (nSPS) is 23.0. The monoisotopic (exact) mass is 308 g/mol. The molecule has 1 amide bonds. The van der Waals surface area contributed by atoms with Crippen LogP contribution in [0.2, 0.25) is 0 Å². The van der Waals surface area contributed by atoms with Crippen molar-refractivity contribution in [1.29, 1.82) is 0 Å². The second-order valence-corrected chi connectivity index (χ2v) is 6.16. The summed E-state index contributed by atoms with van der Waals surface area (Å²) in [6.45, 7) is 7.86. The molecule has 2 unspecified atom stereocenters. The van der Waals surface area contributed by atoms with Gasteiger partial charge in [-0.1, -0.05) is 0 Å². The molecule has 1 aliphatic rings. The second-order valence-electron chi connectivity index (χ2n) is 6.16. The van der Waals surface area contributed by atoms with Gasteiger partial charge in [-0.25, -0.2) is 0 Å². The van der Waals surface area contributed by atoms with E-state index in [9.17, 15) is 4.79 Å². The molecular formula is C17H28N2O3. The molecule has 1 aromatic rings. The number of carbonyl (C=O) groups excluding carboxylic acids is 1. The fraction of sp³-hybridized carbons (Fsp3) is 0.706. The van der Waals surface area contributed by atoms with E-state index in [1.54, 1.807) is 13.4 Å². The van der Waals surface area contributed by atoms with Gasteiger partial charge in [-0.05, 0) is 32.4 Å². The summed E-state index contributed by atoms with van der Waals surface area (Å²) in [5.41, 5.74) is 0. The Balaban J connectivity index is 1.80. The maximum absolute atomic E-state index is 12.4. The first kappa shape index (κ1) is 17.0. The molecule has 0 bridgehead atoms. The number of hydrogen-bond acceptors (Lipinski definition) is 4. The number of ether oxygens (including phenoxy) is 1.